The molecule has 0 fully saturated rings. The molecule has 0 atom stereocenters. The molecular weight excluding hydrogens is 260 g/mol. The number of carbonyl (C=O) groups excluding carboxylic acids is 1. The first kappa shape index (κ1) is 17.5. The van der Waals surface area contributed by atoms with Crippen molar-refractivity contribution in [3.05, 3.63) is 29.3 Å². The van der Waals surface area contributed by atoms with E-state index in [1.165, 1.54) is 0 Å². The van der Waals surface area contributed by atoms with Crippen molar-refractivity contribution >= 4 is 11.6 Å². The van der Waals surface area contributed by atoms with Crippen molar-refractivity contribution in [1.82, 2.24) is 5.32 Å². The summed E-state index contributed by atoms with van der Waals surface area (Å²) < 4.78 is 0. The van der Waals surface area contributed by atoms with E-state index in [0.29, 0.717) is 0 Å². The van der Waals surface area contributed by atoms with E-state index in [9.17, 15) is 4.79 Å². The van der Waals surface area contributed by atoms with Crippen molar-refractivity contribution in [2.45, 2.75) is 65.8 Å². The highest BCUT2D eigenvalue weighted by molar-refractivity contribution is 5.95. The molecule has 0 aliphatic rings. The van der Waals surface area contributed by atoms with Crippen LogP contribution in [0.3, 0.4) is 0 Å². The first-order valence-electron chi connectivity index (χ1n) is 8.18. The molecule has 21 heavy (non-hydrogen) atoms. The molecule has 1 aromatic carbocycles. The number of carbonyl (C=O) groups is 1. The van der Waals surface area contributed by atoms with E-state index in [-0.39, 0.29) is 11.4 Å². The molecule has 0 heterocycles. The Morgan fingerprint density at radius 3 is 2.19 bits per heavy atom. The van der Waals surface area contributed by atoms with Gasteiger partial charge in [-0.25, -0.2) is 0 Å². The van der Waals surface area contributed by atoms with Crippen LogP contribution in [0.5, 0.6) is 0 Å². The minimum atomic E-state index is -0.0792. The van der Waals surface area contributed by atoms with Crippen molar-refractivity contribution in [2.24, 2.45) is 0 Å². The largest absolute Gasteiger partial charge is 0.385 e. The zero-order chi connectivity index (χ0) is 15.9. The topological polar surface area (TPSA) is 41.1 Å². The quantitative estimate of drug-likeness (QED) is 0.739. The summed E-state index contributed by atoms with van der Waals surface area (Å²) in [6, 6.07) is 5.89. The SMILES string of the molecule is CCCNc1ccc(C(=O)NC(CC)(CC)CC)cc1C. The van der Waals surface area contributed by atoms with E-state index in [0.717, 1.165) is 49.0 Å². The van der Waals surface area contributed by atoms with Crippen LogP contribution >= 0.6 is 0 Å². The van der Waals surface area contributed by atoms with Crippen LogP contribution in [-0.2, 0) is 0 Å². The second kappa shape index (κ2) is 8.06. The van der Waals surface area contributed by atoms with Gasteiger partial charge in [0.25, 0.3) is 5.91 Å². The second-order valence-electron chi connectivity index (χ2n) is 5.75. The second-order valence-corrected chi connectivity index (χ2v) is 5.75. The Balaban J connectivity index is 2.86. The van der Waals surface area contributed by atoms with Crippen molar-refractivity contribution in [3.63, 3.8) is 0 Å². The lowest BCUT2D eigenvalue weighted by Crippen LogP contribution is -2.47. The van der Waals surface area contributed by atoms with E-state index in [1.54, 1.807) is 0 Å². The zero-order valence-electron chi connectivity index (χ0n) is 14.2. The van der Waals surface area contributed by atoms with Gasteiger partial charge >= 0.3 is 0 Å². The molecule has 0 unspecified atom stereocenters. The predicted molar refractivity (Wildman–Crippen MR) is 91.0 cm³/mol. The summed E-state index contributed by atoms with van der Waals surface area (Å²) in [5.74, 6) is 0.0330. The molecule has 1 aromatic rings. The Hall–Kier alpha value is -1.51. The number of hydrogen-bond donors (Lipinski definition) is 2. The summed E-state index contributed by atoms with van der Waals surface area (Å²) in [6.07, 6.45) is 3.97. The lowest BCUT2D eigenvalue weighted by Gasteiger charge is -2.32. The van der Waals surface area contributed by atoms with Crippen LogP contribution in [0.2, 0.25) is 0 Å². The van der Waals surface area contributed by atoms with Gasteiger partial charge in [-0.2, -0.15) is 0 Å². The fourth-order valence-corrected chi connectivity index (χ4v) is 2.59. The first-order chi connectivity index (χ1) is 10.0. The number of anilines is 1. The Bertz CT molecular complexity index is 456. The highest BCUT2D eigenvalue weighted by Crippen LogP contribution is 2.21. The lowest BCUT2D eigenvalue weighted by molar-refractivity contribution is 0.0888. The van der Waals surface area contributed by atoms with Crippen molar-refractivity contribution in [3.8, 4) is 0 Å². The normalized spacial score (nSPS) is 11.3. The summed E-state index contributed by atoms with van der Waals surface area (Å²) >= 11 is 0. The van der Waals surface area contributed by atoms with E-state index >= 15 is 0 Å². The molecular formula is C18H30N2O. The molecule has 3 nitrogen and oxygen atoms in total. The number of aryl methyl sites for hydroxylation is 1. The van der Waals surface area contributed by atoms with Gasteiger partial charge in [0.1, 0.15) is 0 Å². The maximum atomic E-state index is 12.5. The van der Waals surface area contributed by atoms with Crippen LogP contribution in [0.1, 0.15) is 69.3 Å². The zero-order valence-corrected chi connectivity index (χ0v) is 14.2. The van der Waals surface area contributed by atoms with Gasteiger partial charge in [-0.3, -0.25) is 4.79 Å². The van der Waals surface area contributed by atoms with Crippen LogP contribution < -0.4 is 10.6 Å². The van der Waals surface area contributed by atoms with Gasteiger partial charge in [0.2, 0.25) is 0 Å². The third-order valence-corrected chi connectivity index (χ3v) is 4.46. The average molecular weight is 290 g/mol. The lowest BCUT2D eigenvalue weighted by atomic mass is 9.89. The molecule has 2 N–H and O–H groups in total. The van der Waals surface area contributed by atoms with Crippen molar-refractivity contribution in [1.29, 1.82) is 0 Å². The van der Waals surface area contributed by atoms with E-state index in [4.69, 9.17) is 0 Å². The smallest absolute Gasteiger partial charge is 0.251 e. The van der Waals surface area contributed by atoms with Gasteiger partial charge in [0.05, 0.1) is 0 Å². The number of hydrogen-bond acceptors (Lipinski definition) is 2. The molecule has 0 aromatic heterocycles. The first-order valence-corrected chi connectivity index (χ1v) is 8.18. The Morgan fingerprint density at radius 2 is 1.71 bits per heavy atom. The minimum absolute atomic E-state index is 0.0330. The van der Waals surface area contributed by atoms with Crippen LogP contribution in [0, 0.1) is 6.92 Å². The van der Waals surface area contributed by atoms with E-state index in [1.807, 2.05) is 25.1 Å². The standard InChI is InChI=1S/C18H30N2O/c1-6-12-19-16-11-10-15(13-14(16)5)17(21)20-18(7-2,8-3)9-4/h10-11,13,19H,6-9,12H2,1-5H3,(H,20,21). The molecule has 3 heteroatoms. The summed E-state index contributed by atoms with van der Waals surface area (Å²) in [7, 11) is 0. The summed E-state index contributed by atoms with van der Waals surface area (Å²) in [5, 5.41) is 6.61. The van der Waals surface area contributed by atoms with Gasteiger partial charge < -0.3 is 10.6 Å². The number of amides is 1. The van der Waals surface area contributed by atoms with Gasteiger partial charge in [0, 0.05) is 23.3 Å². The Morgan fingerprint density at radius 1 is 1.10 bits per heavy atom. The molecule has 0 saturated heterocycles. The third-order valence-electron chi connectivity index (χ3n) is 4.46. The predicted octanol–water partition coefficient (Wildman–Crippen LogP) is 4.52. The van der Waals surface area contributed by atoms with Crippen LogP contribution in [0.15, 0.2) is 18.2 Å². The van der Waals surface area contributed by atoms with Gasteiger partial charge in [-0.1, -0.05) is 27.7 Å². The van der Waals surface area contributed by atoms with E-state index < -0.39 is 0 Å². The molecule has 0 spiro atoms. The van der Waals surface area contributed by atoms with Crippen molar-refractivity contribution in [2.75, 3.05) is 11.9 Å². The van der Waals surface area contributed by atoms with Crippen LogP contribution in [0.4, 0.5) is 5.69 Å². The molecule has 1 amide bonds. The molecule has 0 aliphatic heterocycles. The molecule has 118 valence electrons. The average Bonchev–Trinajstić information content (AvgIpc) is 2.51. The number of rotatable bonds is 8. The highest BCUT2D eigenvalue weighted by atomic mass is 16.1. The molecule has 1 rings (SSSR count). The number of nitrogens with one attached hydrogen (secondary N) is 2. The minimum Gasteiger partial charge on any atom is -0.385 e. The molecule has 0 aliphatic carbocycles. The maximum absolute atomic E-state index is 12.5. The molecule has 0 saturated carbocycles. The summed E-state index contributed by atoms with van der Waals surface area (Å²) in [6.45, 7) is 11.5. The Labute approximate surface area is 129 Å². The van der Waals surface area contributed by atoms with Crippen LogP contribution in [0.25, 0.3) is 0 Å². The summed E-state index contributed by atoms with van der Waals surface area (Å²) in [4.78, 5) is 12.5. The van der Waals surface area contributed by atoms with Gasteiger partial charge in [-0.15, -0.1) is 0 Å². The third kappa shape index (κ3) is 4.48. The fourth-order valence-electron chi connectivity index (χ4n) is 2.59. The van der Waals surface area contributed by atoms with Crippen LogP contribution in [-0.4, -0.2) is 18.0 Å². The molecule has 0 radical (unpaired) electrons. The fraction of sp³-hybridized carbons (Fsp3) is 0.611. The summed E-state index contributed by atoms with van der Waals surface area (Å²) in [5.41, 5.74) is 2.89. The highest BCUT2D eigenvalue weighted by Gasteiger charge is 2.26. The number of benzene rings is 1. The molecule has 0 bridgehead atoms. The van der Waals surface area contributed by atoms with Gasteiger partial charge in [0.15, 0.2) is 0 Å². The Kier molecular flexibility index (Phi) is 6.73. The van der Waals surface area contributed by atoms with E-state index in [2.05, 4.69) is 38.3 Å². The van der Waals surface area contributed by atoms with Gasteiger partial charge in [-0.05, 0) is 56.4 Å². The maximum Gasteiger partial charge on any atom is 0.251 e. The monoisotopic (exact) mass is 290 g/mol. The van der Waals surface area contributed by atoms with Crippen molar-refractivity contribution < 1.29 is 4.79 Å².